The minimum Gasteiger partial charge on any atom is -0.489 e. The van der Waals surface area contributed by atoms with Crippen molar-refractivity contribution < 1.29 is 13.9 Å². The highest BCUT2D eigenvalue weighted by molar-refractivity contribution is 9.10. The molecule has 0 unspecified atom stereocenters. The van der Waals surface area contributed by atoms with Crippen molar-refractivity contribution in [2.45, 2.75) is 11.6 Å². The number of ether oxygens (including phenoxy) is 1. The van der Waals surface area contributed by atoms with Gasteiger partial charge in [-0.1, -0.05) is 91.0 Å². The van der Waals surface area contributed by atoms with E-state index in [2.05, 4.69) is 57.6 Å². The second-order valence-corrected chi connectivity index (χ2v) is 9.34. The molecule has 0 saturated carbocycles. The van der Waals surface area contributed by atoms with Crippen LogP contribution in [0, 0.1) is 5.82 Å². The number of hydrogen-bond donors (Lipinski definition) is 1. The summed E-state index contributed by atoms with van der Waals surface area (Å²) < 4.78 is 20.5. The predicted octanol–water partition coefficient (Wildman–Crippen LogP) is 5.89. The summed E-state index contributed by atoms with van der Waals surface area (Å²) in [6.07, 6.45) is 0. The minimum absolute atomic E-state index is 0.0471. The molecule has 4 aromatic carbocycles. The van der Waals surface area contributed by atoms with Crippen LogP contribution in [-0.2, 0) is 10.3 Å². The van der Waals surface area contributed by atoms with Crippen LogP contribution in [-0.4, -0.2) is 25.6 Å². The van der Waals surface area contributed by atoms with E-state index in [9.17, 15) is 9.18 Å². The molecule has 0 fully saturated rings. The van der Waals surface area contributed by atoms with Gasteiger partial charge in [0.2, 0.25) is 5.91 Å². The van der Waals surface area contributed by atoms with Gasteiger partial charge in [0.25, 0.3) is 0 Å². The molecule has 1 atom stereocenters. The van der Waals surface area contributed by atoms with Crippen molar-refractivity contribution in [2.24, 2.45) is 0 Å². The van der Waals surface area contributed by atoms with Gasteiger partial charge in [-0.05, 0) is 38.7 Å². The number of nitrogens with one attached hydrogen (secondary N) is 1. The van der Waals surface area contributed by atoms with Crippen LogP contribution in [0.2, 0.25) is 0 Å². The zero-order valence-corrected chi connectivity index (χ0v) is 20.7. The fourth-order valence-electron chi connectivity index (χ4n) is 4.67. The number of rotatable bonds is 5. The first-order chi connectivity index (χ1) is 17.0. The van der Waals surface area contributed by atoms with E-state index in [1.54, 1.807) is 13.1 Å². The van der Waals surface area contributed by atoms with E-state index < -0.39 is 17.4 Å². The van der Waals surface area contributed by atoms with E-state index in [1.165, 1.54) is 11.0 Å². The number of hydrogen-bond acceptors (Lipinski definition) is 3. The minimum atomic E-state index is -0.837. The molecule has 0 bridgehead atoms. The van der Waals surface area contributed by atoms with E-state index in [0.717, 1.165) is 16.7 Å². The van der Waals surface area contributed by atoms with Crippen LogP contribution in [0.25, 0.3) is 0 Å². The van der Waals surface area contributed by atoms with Gasteiger partial charge >= 0.3 is 0 Å². The molecule has 1 amide bonds. The number of nitrogens with zero attached hydrogens (tertiary/aromatic N) is 1. The Morgan fingerprint density at radius 2 is 1.37 bits per heavy atom. The zero-order valence-electron chi connectivity index (χ0n) is 19.1. The van der Waals surface area contributed by atoms with Crippen LogP contribution < -0.4 is 15.0 Å². The van der Waals surface area contributed by atoms with E-state index in [-0.39, 0.29) is 17.0 Å². The quantitative estimate of drug-likeness (QED) is 0.327. The van der Waals surface area contributed by atoms with Gasteiger partial charge in [-0.2, -0.15) is 0 Å². The highest BCUT2D eigenvalue weighted by atomic mass is 79.9. The fraction of sp³-hybridized carbons (Fsp3) is 0.138. The predicted molar refractivity (Wildman–Crippen MR) is 139 cm³/mol. The van der Waals surface area contributed by atoms with Gasteiger partial charge in [-0.25, -0.2) is 4.39 Å². The Morgan fingerprint density at radius 1 is 0.886 bits per heavy atom. The average Bonchev–Trinajstić information content (AvgIpc) is 3.01. The molecule has 0 aromatic heterocycles. The molecule has 176 valence electrons. The molecular weight excluding hydrogens is 507 g/mol. The summed E-state index contributed by atoms with van der Waals surface area (Å²) in [5, 5.41) is 3.68. The Hall–Kier alpha value is -3.48. The third-order valence-corrected chi connectivity index (χ3v) is 7.02. The first-order valence-electron chi connectivity index (χ1n) is 11.3. The van der Waals surface area contributed by atoms with Crippen LogP contribution in [0.1, 0.15) is 16.7 Å². The van der Waals surface area contributed by atoms with Gasteiger partial charge in [0.1, 0.15) is 24.2 Å². The first kappa shape index (κ1) is 23.3. The monoisotopic (exact) mass is 530 g/mol. The van der Waals surface area contributed by atoms with Gasteiger partial charge in [-0.15, -0.1) is 0 Å². The lowest BCUT2D eigenvalue weighted by molar-refractivity contribution is -0.121. The van der Waals surface area contributed by atoms with Crippen LogP contribution in [0.15, 0.2) is 108 Å². The number of benzene rings is 4. The fourth-order valence-corrected chi connectivity index (χ4v) is 5.00. The van der Waals surface area contributed by atoms with E-state index in [1.807, 2.05) is 54.6 Å². The van der Waals surface area contributed by atoms with Crippen molar-refractivity contribution in [3.05, 3.63) is 130 Å². The van der Waals surface area contributed by atoms with Gasteiger partial charge in [0.05, 0.1) is 15.7 Å². The molecule has 1 aliphatic heterocycles. The van der Waals surface area contributed by atoms with Gasteiger partial charge < -0.3 is 9.64 Å². The van der Waals surface area contributed by atoms with Crippen LogP contribution in [0.3, 0.4) is 0 Å². The largest absolute Gasteiger partial charge is 0.489 e. The van der Waals surface area contributed by atoms with Crippen molar-refractivity contribution in [2.75, 3.05) is 18.6 Å². The molecule has 1 heterocycles. The van der Waals surface area contributed by atoms with Crippen molar-refractivity contribution in [1.82, 2.24) is 5.32 Å². The maximum Gasteiger partial charge on any atom is 0.247 e. The molecule has 5 rings (SSSR count). The summed E-state index contributed by atoms with van der Waals surface area (Å²) >= 11 is 3.22. The molecule has 4 nitrogen and oxygen atoms in total. The normalized spacial score (nSPS) is 15.8. The Balaban J connectivity index is 1.65. The van der Waals surface area contributed by atoms with Gasteiger partial charge in [-0.3, -0.25) is 10.1 Å². The highest BCUT2D eigenvalue weighted by Crippen LogP contribution is 2.39. The van der Waals surface area contributed by atoms with E-state index in [4.69, 9.17) is 4.74 Å². The number of amides is 1. The third-order valence-electron chi connectivity index (χ3n) is 6.41. The molecule has 0 aliphatic carbocycles. The van der Waals surface area contributed by atoms with Crippen molar-refractivity contribution in [1.29, 1.82) is 0 Å². The Labute approximate surface area is 212 Å². The Kier molecular flexibility index (Phi) is 6.41. The molecule has 1 N–H and O–H groups in total. The average molecular weight is 531 g/mol. The summed E-state index contributed by atoms with van der Waals surface area (Å²) in [4.78, 5) is 15.3. The van der Waals surface area contributed by atoms with Crippen LogP contribution in [0.5, 0.6) is 5.75 Å². The number of halogens is 2. The van der Waals surface area contributed by atoms with E-state index in [0.29, 0.717) is 11.4 Å². The highest BCUT2D eigenvalue weighted by Gasteiger charge is 2.42. The van der Waals surface area contributed by atoms with Crippen molar-refractivity contribution >= 4 is 27.5 Å². The summed E-state index contributed by atoms with van der Waals surface area (Å²) in [7, 11) is 1.68. The molecule has 1 aliphatic rings. The smallest absolute Gasteiger partial charge is 0.247 e. The van der Waals surface area contributed by atoms with Crippen molar-refractivity contribution in [3.63, 3.8) is 0 Å². The molecule has 0 saturated heterocycles. The first-order valence-corrected chi connectivity index (χ1v) is 12.1. The SMILES string of the molecule is CN1C(=O)[C@@H](NC(c2ccccc2)(c2ccccc2)c2ccccc2)COc2cc(F)c(Br)cc21. The van der Waals surface area contributed by atoms with Crippen LogP contribution >= 0.6 is 15.9 Å². The lowest BCUT2D eigenvalue weighted by Gasteiger charge is -2.39. The second-order valence-electron chi connectivity index (χ2n) is 8.49. The summed E-state index contributed by atoms with van der Waals surface area (Å²) in [6.45, 7) is 0.0471. The van der Waals surface area contributed by atoms with E-state index >= 15 is 0 Å². The number of likely N-dealkylation sites (N-methyl/N-ethyl adjacent to an activating group) is 1. The molecule has 0 spiro atoms. The number of anilines is 1. The summed E-state index contributed by atoms with van der Waals surface area (Å²) in [5.74, 6) is -0.284. The zero-order chi connectivity index (χ0) is 24.4. The lowest BCUT2D eigenvalue weighted by Crippen LogP contribution is -2.56. The van der Waals surface area contributed by atoms with Crippen LogP contribution in [0.4, 0.5) is 10.1 Å². The summed E-state index contributed by atoms with van der Waals surface area (Å²) in [6, 6.07) is 32.4. The molecule has 35 heavy (non-hydrogen) atoms. The molecular formula is C29H24BrFN2O2. The number of fused-ring (bicyclic) bond motifs is 1. The second kappa shape index (κ2) is 9.64. The van der Waals surface area contributed by atoms with Gasteiger partial charge in [0.15, 0.2) is 0 Å². The number of carbonyl (C=O) groups is 1. The molecule has 4 aromatic rings. The lowest BCUT2D eigenvalue weighted by atomic mass is 9.76. The molecule has 0 radical (unpaired) electrons. The number of carbonyl (C=O) groups excluding carboxylic acids is 1. The molecule has 6 heteroatoms. The third kappa shape index (κ3) is 4.24. The standard InChI is InChI=1S/C29H24BrFN2O2/c1-33-26-17-23(30)24(31)18-27(26)35-19-25(28(33)34)32-29(20-11-5-2-6-12-20,21-13-7-3-8-14-21)22-15-9-4-10-16-22/h2-18,25,32H,19H2,1H3/t25-/m0/s1. The Bertz CT molecular complexity index is 1240. The topological polar surface area (TPSA) is 41.6 Å². The van der Waals surface area contributed by atoms with Crippen molar-refractivity contribution in [3.8, 4) is 5.75 Å². The summed E-state index contributed by atoms with van der Waals surface area (Å²) in [5.41, 5.74) is 2.64. The van der Waals surface area contributed by atoms with Gasteiger partial charge in [0, 0.05) is 13.1 Å². The maximum absolute atomic E-state index is 14.2. The Morgan fingerprint density at radius 3 is 1.86 bits per heavy atom. The maximum atomic E-state index is 14.2.